The van der Waals surface area contributed by atoms with Crippen LogP contribution in [0.3, 0.4) is 0 Å². The molecule has 0 unspecified atom stereocenters. The zero-order chi connectivity index (χ0) is 17.8. The molecule has 1 fully saturated rings. The summed E-state index contributed by atoms with van der Waals surface area (Å²) in [4.78, 5) is 21.0. The van der Waals surface area contributed by atoms with Crippen molar-refractivity contribution in [2.24, 2.45) is 0 Å². The lowest BCUT2D eigenvalue weighted by Gasteiger charge is -2.22. The first-order valence-electron chi connectivity index (χ1n) is 8.40. The van der Waals surface area contributed by atoms with E-state index in [9.17, 15) is 9.18 Å². The average molecular weight is 363 g/mol. The number of hydrogen-bond donors (Lipinski definition) is 2. The van der Waals surface area contributed by atoms with E-state index >= 15 is 0 Å². The third-order valence-electron chi connectivity index (χ3n) is 4.20. The number of carbonyl (C=O) groups is 1. The van der Waals surface area contributed by atoms with Crippen LogP contribution in [0, 0.1) is 12.7 Å². The number of nitrogens with one attached hydrogen (secondary N) is 2. The number of rotatable bonds is 4. The Labute approximate surface area is 151 Å². The van der Waals surface area contributed by atoms with E-state index in [-0.39, 0.29) is 22.9 Å². The smallest absolute Gasteiger partial charge is 0.270 e. The van der Waals surface area contributed by atoms with Crippen LogP contribution in [0.25, 0.3) is 0 Å². The molecule has 1 aliphatic carbocycles. The van der Waals surface area contributed by atoms with Crippen molar-refractivity contribution in [3.63, 3.8) is 0 Å². The second kappa shape index (κ2) is 7.78. The molecule has 0 aliphatic heterocycles. The van der Waals surface area contributed by atoms with Gasteiger partial charge in [-0.1, -0.05) is 30.9 Å². The lowest BCUT2D eigenvalue weighted by atomic mass is 9.95. The molecule has 2 aromatic rings. The number of benzene rings is 1. The highest BCUT2D eigenvalue weighted by Crippen LogP contribution is 2.22. The quantitative estimate of drug-likeness (QED) is 0.846. The Hall–Kier alpha value is -2.21. The second-order valence-electron chi connectivity index (χ2n) is 6.28. The van der Waals surface area contributed by atoms with Gasteiger partial charge in [-0.05, 0) is 44.0 Å². The number of carbonyl (C=O) groups excluding carboxylic acids is 1. The van der Waals surface area contributed by atoms with E-state index in [2.05, 4.69) is 20.6 Å². The van der Waals surface area contributed by atoms with Gasteiger partial charge in [-0.25, -0.2) is 14.4 Å². The Bertz CT molecular complexity index is 778. The van der Waals surface area contributed by atoms with Crippen molar-refractivity contribution in [2.75, 3.05) is 5.32 Å². The first kappa shape index (κ1) is 17.6. The summed E-state index contributed by atoms with van der Waals surface area (Å²) in [6.45, 7) is 1.79. The second-order valence-corrected chi connectivity index (χ2v) is 6.69. The van der Waals surface area contributed by atoms with Gasteiger partial charge in [0, 0.05) is 17.4 Å². The number of aryl methyl sites for hydroxylation is 1. The molecule has 25 heavy (non-hydrogen) atoms. The predicted octanol–water partition coefficient (Wildman–Crippen LogP) is 4.38. The lowest BCUT2D eigenvalue weighted by molar-refractivity contribution is 0.0922. The monoisotopic (exact) mass is 362 g/mol. The maximum absolute atomic E-state index is 13.3. The molecular formula is C18H20ClFN4O. The van der Waals surface area contributed by atoms with Gasteiger partial charge >= 0.3 is 0 Å². The van der Waals surface area contributed by atoms with Gasteiger partial charge in [0.15, 0.2) is 0 Å². The van der Waals surface area contributed by atoms with E-state index in [1.165, 1.54) is 24.6 Å². The van der Waals surface area contributed by atoms with E-state index in [1.807, 2.05) is 0 Å². The van der Waals surface area contributed by atoms with Gasteiger partial charge in [0.2, 0.25) is 5.95 Å². The van der Waals surface area contributed by atoms with Gasteiger partial charge in [-0.3, -0.25) is 4.79 Å². The summed E-state index contributed by atoms with van der Waals surface area (Å²) in [6.07, 6.45) is 5.54. The molecule has 5 nitrogen and oxygen atoms in total. The number of nitrogens with zero attached hydrogens (tertiary/aromatic N) is 2. The van der Waals surface area contributed by atoms with Gasteiger partial charge in [0.25, 0.3) is 5.91 Å². The molecule has 1 heterocycles. The van der Waals surface area contributed by atoms with Crippen LogP contribution in [0.2, 0.25) is 5.02 Å². The third kappa shape index (κ3) is 4.66. The maximum atomic E-state index is 13.3. The van der Waals surface area contributed by atoms with E-state index < -0.39 is 5.82 Å². The molecule has 0 saturated heterocycles. The Morgan fingerprint density at radius 3 is 2.68 bits per heavy atom. The minimum atomic E-state index is -0.495. The molecule has 1 aromatic heterocycles. The zero-order valence-corrected chi connectivity index (χ0v) is 14.7. The summed E-state index contributed by atoms with van der Waals surface area (Å²) in [7, 11) is 0. The zero-order valence-electron chi connectivity index (χ0n) is 14.0. The van der Waals surface area contributed by atoms with E-state index in [0.29, 0.717) is 17.1 Å². The largest absolute Gasteiger partial charge is 0.348 e. The fourth-order valence-electron chi connectivity index (χ4n) is 2.95. The van der Waals surface area contributed by atoms with Crippen LogP contribution >= 0.6 is 11.6 Å². The Morgan fingerprint density at radius 2 is 1.96 bits per heavy atom. The van der Waals surface area contributed by atoms with Crippen molar-refractivity contribution < 1.29 is 9.18 Å². The van der Waals surface area contributed by atoms with Crippen LogP contribution in [0.5, 0.6) is 0 Å². The van der Waals surface area contributed by atoms with Crippen LogP contribution in [0.4, 0.5) is 16.0 Å². The molecule has 7 heteroatoms. The normalized spacial score (nSPS) is 15.0. The van der Waals surface area contributed by atoms with Gasteiger partial charge in [0.05, 0.1) is 5.02 Å². The SMILES string of the molecule is Cc1cc(C(=O)NC2CCCCC2)nc(Nc2ccc(F)c(Cl)c2)n1. The molecular weight excluding hydrogens is 343 g/mol. The lowest BCUT2D eigenvalue weighted by Crippen LogP contribution is -2.36. The van der Waals surface area contributed by atoms with Crippen LogP contribution in [0.1, 0.15) is 48.3 Å². The topological polar surface area (TPSA) is 66.9 Å². The molecule has 3 rings (SSSR count). The van der Waals surface area contributed by atoms with Crippen molar-refractivity contribution in [1.82, 2.24) is 15.3 Å². The number of aromatic nitrogens is 2. The van der Waals surface area contributed by atoms with Crippen molar-refractivity contribution in [2.45, 2.75) is 45.1 Å². The minimum Gasteiger partial charge on any atom is -0.348 e. The highest BCUT2D eigenvalue weighted by molar-refractivity contribution is 6.31. The van der Waals surface area contributed by atoms with Gasteiger partial charge in [-0.2, -0.15) is 0 Å². The van der Waals surface area contributed by atoms with Crippen LogP contribution < -0.4 is 10.6 Å². The molecule has 1 saturated carbocycles. The average Bonchev–Trinajstić information content (AvgIpc) is 2.58. The van der Waals surface area contributed by atoms with Crippen molar-refractivity contribution in [1.29, 1.82) is 0 Å². The van der Waals surface area contributed by atoms with E-state index in [1.54, 1.807) is 13.0 Å². The molecule has 0 spiro atoms. The summed E-state index contributed by atoms with van der Waals surface area (Å²) in [6, 6.07) is 6.11. The molecule has 1 aromatic carbocycles. The van der Waals surface area contributed by atoms with E-state index in [4.69, 9.17) is 11.6 Å². The van der Waals surface area contributed by atoms with Crippen LogP contribution in [-0.4, -0.2) is 21.9 Å². The Balaban J connectivity index is 1.75. The predicted molar refractivity (Wildman–Crippen MR) is 95.8 cm³/mol. The number of halogens is 2. The summed E-state index contributed by atoms with van der Waals surface area (Å²) in [5.74, 6) is -0.418. The van der Waals surface area contributed by atoms with Crippen molar-refractivity contribution in [3.8, 4) is 0 Å². The maximum Gasteiger partial charge on any atom is 0.270 e. The summed E-state index contributed by atoms with van der Waals surface area (Å²) in [5.41, 5.74) is 1.53. The first-order valence-corrected chi connectivity index (χ1v) is 8.78. The number of amides is 1. The third-order valence-corrected chi connectivity index (χ3v) is 4.49. The molecule has 2 N–H and O–H groups in total. The minimum absolute atomic E-state index is 0.00733. The molecule has 132 valence electrons. The fraction of sp³-hybridized carbons (Fsp3) is 0.389. The molecule has 1 amide bonds. The summed E-state index contributed by atoms with van der Waals surface area (Å²) < 4.78 is 13.3. The van der Waals surface area contributed by atoms with Gasteiger partial charge in [0.1, 0.15) is 11.5 Å². The number of hydrogen-bond acceptors (Lipinski definition) is 4. The van der Waals surface area contributed by atoms with Crippen molar-refractivity contribution >= 4 is 29.1 Å². The van der Waals surface area contributed by atoms with Crippen LogP contribution in [-0.2, 0) is 0 Å². The molecule has 0 bridgehead atoms. The van der Waals surface area contributed by atoms with Crippen molar-refractivity contribution in [3.05, 3.63) is 46.5 Å². The molecule has 0 atom stereocenters. The first-order chi connectivity index (χ1) is 12.0. The Morgan fingerprint density at radius 1 is 1.20 bits per heavy atom. The molecule has 0 radical (unpaired) electrons. The highest BCUT2D eigenvalue weighted by Gasteiger charge is 2.18. The van der Waals surface area contributed by atoms with Gasteiger partial charge in [-0.15, -0.1) is 0 Å². The highest BCUT2D eigenvalue weighted by atomic mass is 35.5. The molecule has 1 aliphatic rings. The van der Waals surface area contributed by atoms with E-state index in [0.717, 1.165) is 25.7 Å². The standard InChI is InChI=1S/C18H20ClFN4O/c1-11-9-16(17(25)22-12-5-3-2-4-6-12)24-18(21-11)23-13-7-8-15(20)14(19)10-13/h7-10,12H,2-6H2,1H3,(H,22,25)(H,21,23,24). The Kier molecular flexibility index (Phi) is 5.48. The van der Waals surface area contributed by atoms with Crippen LogP contribution in [0.15, 0.2) is 24.3 Å². The summed E-state index contributed by atoms with van der Waals surface area (Å²) >= 11 is 5.78. The van der Waals surface area contributed by atoms with Gasteiger partial charge < -0.3 is 10.6 Å². The summed E-state index contributed by atoms with van der Waals surface area (Å²) in [5, 5.41) is 6.01. The number of anilines is 2. The fourth-order valence-corrected chi connectivity index (χ4v) is 3.13.